The molecule has 1 saturated heterocycles. The van der Waals surface area contributed by atoms with Crippen LogP contribution in [0.15, 0.2) is 109 Å². The number of likely N-dealkylation sites (N-methyl/N-ethyl adjacent to an activating group) is 1. The fourth-order valence-corrected chi connectivity index (χ4v) is 5.26. The smallest absolute Gasteiger partial charge is 0.248 e. The van der Waals surface area contributed by atoms with Gasteiger partial charge in [0, 0.05) is 13.1 Å². The monoisotopic (exact) mass is 583 g/mol. The third-order valence-electron chi connectivity index (χ3n) is 7.42. The van der Waals surface area contributed by atoms with Crippen LogP contribution >= 0.6 is 0 Å². The minimum Gasteiger partial charge on any atom is -0.368 e. The molecule has 1 aliphatic rings. The Bertz CT molecular complexity index is 1550. The minimum atomic E-state index is -1.20. The van der Waals surface area contributed by atoms with E-state index >= 15 is 0 Å². The van der Waals surface area contributed by atoms with Gasteiger partial charge in [0.25, 0.3) is 0 Å². The lowest BCUT2D eigenvalue weighted by molar-refractivity contribution is -0.138. The number of rotatable bonds is 8. The van der Waals surface area contributed by atoms with Crippen LogP contribution in [0.2, 0.25) is 0 Å². The van der Waals surface area contributed by atoms with Crippen molar-refractivity contribution < 1.29 is 27.9 Å². The van der Waals surface area contributed by atoms with Crippen LogP contribution in [-0.2, 0) is 25.5 Å². The Kier molecular flexibility index (Phi) is 9.22. The first-order valence-electron chi connectivity index (χ1n) is 13.9. The highest BCUT2D eigenvalue weighted by Crippen LogP contribution is 2.32. The van der Waals surface area contributed by atoms with Crippen molar-refractivity contribution in [3.05, 3.63) is 143 Å². The van der Waals surface area contributed by atoms with E-state index < -0.39 is 47.7 Å². The normalized spacial score (nSPS) is 19.3. The number of carbonyl (C=O) groups excluding carboxylic acids is 3. The molecule has 5 rings (SSSR count). The van der Waals surface area contributed by atoms with Crippen LogP contribution in [0.5, 0.6) is 0 Å². The molecule has 2 N–H and O–H groups in total. The van der Waals surface area contributed by atoms with Gasteiger partial charge in [-0.1, -0.05) is 91.0 Å². The van der Waals surface area contributed by atoms with Crippen molar-refractivity contribution in [1.82, 2.24) is 15.5 Å². The van der Waals surface area contributed by atoms with Gasteiger partial charge in [0.2, 0.25) is 17.7 Å². The molecule has 1 heterocycles. The number of hydrogen-bond donors (Lipinski definition) is 2. The molecule has 4 aromatic rings. The second-order valence-electron chi connectivity index (χ2n) is 10.4. The molecule has 0 saturated carbocycles. The number of amides is 3. The molecule has 0 spiro atoms. The van der Waals surface area contributed by atoms with Crippen molar-refractivity contribution in [3.8, 4) is 0 Å². The van der Waals surface area contributed by atoms with Crippen LogP contribution in [0, 0.1) is 11.6 Å². The molecule has 7 nitrogen and oxygen atoms in total. The Labute approximate surface area is 248 Å². The summed E-state index contributed by atoms with van der Waals surface area (Å²) in [5.41, 5.74) is 2.18. The average Bonchev–Trinajstić information content (AvgIpc) is 3.12. The van der Waals surface area contributed by atoms with Gasteiger partial charge in [0.1, 0.15) is 29.8 Å². The molecule has 3 amide bonds. The quantitative estimate of drug-likeness (QED) is 0.312. The lowest BCUT2D eigenvalue weighted by Gasteiger charge is -2.30. The lowest BCUT2D eigenvalue weighted by atomic mass is 9.99. The highest BCUT2D eigenvalue weighted by Gasteiger charge is 2.41. The van der Waals surface area contributed by atoms with E-state index in [-0.39, 0.29) is 24.5 Å². The van der Waals surface area contributed by atoms with E-state index in [0.717, 1.165) is 23.8 Å². The largest absolute Gasteiger partial charge is 0.368 e. The van der Waals surface area contributed by atoms with Crippen LogP contribution in [0.25, 0.3) is 0 Å². The summed E-state index contributed by atoms with van der Waals surface area (Å²) in [6.07, 6.45) is -1.17. The zero-order valence-corrected chi connectivity index (χ0v) is 23.5. The first-order valence-corrected chi connectivity index (χ1v) is 13.9. The summed E-state index contributed by atoms with van der Waals surface area (Å²) in [6, 6.07) is 27.3. The maximum absolute atomic E-state index is 14.0. The molecule has 1 aliphatic heterocycles. The van der Waals surface area contributed by atoms with E-state index in [1.165, 1.54) is 0 Å². The zero-order valence-electron chi connectivity index (χ0n) is 23.5. The number of halogens is 2. The summed E-state index contributed by atoms with van der Waals surface area (Å²) in [6.45, 7) is 0.196. The van der Waals surface area contributed by atoms with Gasteiger partial charge in [-0.15, -0.1) is 0 Å². The fourth-order valence-electron chi connectivity index (χ4n) is 5.26. The van der Waals surface area contributed by atoms with Gasteiger partial charge in [-0.05, 0) is 34.4 Å². The van der Waals surface area contributed by atoms with Crippen molar-refractivity contribution >= 4 is 17.7 Å². The Morgan fingerprint density at radius 3 is 2.02 bits per heavy atom. The summed E-state index contributed by atoms with van der Waals surface area (Å²) in [7, 11) is 1.67. The highest BCUT2D eigenvalue weighted by atomic mass is 19.1. The molecule has 9 heteroatoms. The maximum atomic E-state index is 14.0. The predicted octanol–water partition coefficient (Wildman–Crippen LogP) is 4.82. The summed E-state index contributed by atoms with van der Waals surface area (Å²) in [5, 5.41) is 5.54. The minimum absolute atomic E-state index is 0.118. The van der Waals surface area contributed by atoms with Crippen LogP contribution in [-0.4, -0.2) is 42.3 Å². The van der Waals surface area contributed by atoms with Gasteiger partial charge in [-0.3, -0.25) is 14.4 Å². The van der Waals surface area contributed by atoms with Gasteiger partial charge < -0.3 is 20.3 Å². The molecule has 1 fully saturated rings. The Morgan fingerprint density at radius 2 is 1.42 bits per heavy atom. The molecule has 0 aromatic heterocycles. The summed E-state index contributed by atoms with van der Waals surface area (Å²) in [5.74, 6) is -3.24. The third-order valence-corrected chi connectivity index (χ3v) is 7.42. The van der Waals surface area contributed by atoms with Crippen LogP contribution in [0.4, 0.5) is 8.78 Å². The SMILES string of the molecule is CN1C(=O)C(NC(=O)[C@@H](NC(=O)Cc2cc(F)cc(F)c2)c2ccccc2)[C@@H](c2ccccc2)OCC1c1ccccc1. The first-order chi connectivity index (χ1) is 20.8. The average molecular weight is 584 g/mol. The van der Waals surface area contributed by atoms with Crippen LogP contribution in [0.1, 0.15) is 40.4 Å². The second kappa shape index (κ2) is 13.4. The van der Waals surface area contributed by atoms with Gasteiger partial charge in [0.05, 0.1) is 19.1 Å². The summed E-state index contributed by atoms with van der Waals surface area (Å²) in [4.78, 5) is 42.5. The van der Waals surface area contributed by atoms with E-state index in [1.807, 2.05) is 60.7 Å². The van der Waals surface area contributed by atoms with Crippen molar-refractivity contribution in [3.63, 3.8) is 0 Å². The Morgan fingerprint density at radius 1 is 0.860 bits per heavy atom. The highest BCUT2D eigenvalue weighted by molar-refractivity contribution is 5.93. The van der Waals surface area contributed by atoms with Gasteiger partial charge >= 0.3 is 0 Å². The fraction of sp³-hybridized carbons (Fsp3) is 0.206. The lowest BCUT2D eigenvalue weighted by Crippen LogP contribution is -2.52. The van der Waals surface area contributed by atoms with E-state index in [1.54, 1.807) is 42.3 Å². The molecule has 4 atom stereocenters. The van der Waals surface area contributed by atoms with Crippen molar-refractivity contribution in [2.45, 2.75) is 30.7 Å². The molecule has 0 bridgehead atoms. The van der Waals surface area contributed by atoms with E-state index in [9.17, 15) is 23.2 Å². The standard InChI is InChI=1S/C34H31F2N3O4/c1-39-28(23-11-5-2-6-12-23)21-43-32(25-15-9-4-10-16-25)31(34(39)42)38-33(41)30(24-13-7-3-8-14-24)37-29(40)19-22-17-26(35)20-27(36)18-22/h2-18,20,28,30-32H,19,21H2,1H3,(H,37,40)(H,38,41)/t28?,30-,31?,32+/m0/s1. The van der Waals surface area contributed by atoms with E-state index in [4.69, 9.17) is 4.74 Å². The molecule has 220 valence electrons. The zero-order chi connectivity index (χ0) is 30.3. The molecule has 4 aromatic carbocycles. The summed E-state index contributed by atoms with van der Waals surface area (Å²) < 4.78 is 33.8. The molecule has 2 unspecified atom stereocenters. The Hall–Kier alpha value is -4.89. The molecular formula is C34H31F2N3O4. The van der Waals surface area contributed by atoms with Gasteiger partial charge in [-0.25, -0.2) is 8.78 Å². The van der Waals surface area contributed by atoms with Crippen molar-refractivity contribution in [2.75, 3.05) is 13.7 Å². The van der Waals surface area contributed by atoms with Crippen LogP contribution < -0.4 is 10.6 Å². The van der Waals surface area contributed by atoms with Gasteiger partial charge in [-0.2, -0.15) is 0 Å². The van der Waals surface area contributed by atoms with E-state index in [2.05, 4.69) is 10.6 Å². The Balaban J connectivity index is 1.43. The molecular weight excluding hydrogens is 552 g/mol. The number of nitrogens with one attached hydrogen (secondary N) is 2. The van der Waals surface area contributed by atoms with E-state index in [0.29, 0.717) is 11.1 Å². The van der Waals surface area contributed by atoms with Crippen molar-refractivity contribution in [2.24, 2.45) is 0 Å². The molecule has 43 heavy (non-hydrogen) atoms. The first kappa shape index (κ1) is 29.6. The predicted molar refractivity (Wildman–Crippen MR) is 156 cm³/mol. The van der Waals surface area contributed by atoms with Gasteiger partial charge in [0.15, 0.2) is 0 Å². The molecule has 0 radical (unpaired) electrons. The number of nitrogens with zero attached hydrogens (tertiary/aromatic N) is 1. The van der Waals surface area contributed by atoms with Crippen molar-refractivity contribution in [1.29, 1.82) is 0 Å². The topological polar surface area (TPSA) is 87.7 Å². The summed E-state index contributed by atoms with van der Waals surface area (Å²) >= 11 is 0. The maximum Gasteiger partial charge on any atom is 0.248 e. The number of benzene rings is 4. The van der Waals surface area contributed by atoms with Crippen LogP contribution in [0.3, 0.4) is 0 Å². The molecule has 0 aliphatic carbocycles. The second-order valence-corrected chi connectivity index (χ2v) is 10.4. The number of hydrogen-bond acceptors (Lipinski definition) is 4. The number of carbonyl (C=O) groups is 3. The number of ether oxygens (including phenoxy) is 1. The third kappa shape index (κ3) is 7.13.